The lowest BCUT2D eigenvalue weighted by Gasteiger charge is -2.17. The predicted octanol–water partition coefficient (Wildman–Crippen LogP) is 2.41. The highest BCUT2D eigenvalue weighted by atomic mass is 16.6. The number of nitrogens with zero attached hydrogens (tertiary/aromatic N) is 2. The third-order valence-electron chi connectivity index (χ3n) is 3.64. The van der Waals surface area contributed by atoms with E-state index in [4.69, 9.17) is 0 Å². The zero-order valence-electron chi connectivity index (χ0n) is 14.6. The van der Waals surface area contributed by atoms with E-state index in [9.17, 15) is 19.7 Å². The SMILES string of the molecule is Cc1ccc(NC(=O)CN(C)C(=O)CNc2cccc([N+](=O)[O-])c2)cc1. The summed E-state index contributed by atoms with van der Waals surface area (Å²) in [5.41, 5.74) is 2.15. The van der Waals surface area contributed by atoms with Crippen LogP contribution in [0.25, 0.3) is 0 Å². The molecule has 0 bridgehead atoms. The highest BCUT2D eigenvalue weighted by Crippen LogP contribution is 2.16. The van der Waals surface area contributed by atoms with Crippen molar-refractivity contribution in [1.29, 1.82) is 0 Å². The Bertz CT molecular complexity index is 805. The molecule has 0 saturated carbocycles. The van der Waals surface area contributed by atoms with Crippen molar-refractivity contribution in [2.24, 2.45) is 0 Å². The Hall–Kier alpha value is -3.42. The van der Waals surface area contributed by atoms with Crippen LogP contribution in [0, 0.1) is 17.0 Å². The second-order valence-electron chi connectivity index (χ2n) is 5.82. The van der Waals surface area contributed by atoms with Crippen LogP contribution in [-0.4, -0.2) is 41.8 Å². The first-order chi connectivity index (χ1) is 12.3. The second-order valence-corrected chi connectivity index (χ2v) is 5.82. The summed E-state index contributed by atoms with van der Waals surface area (Å²) in [6.07, 6.45) is 0. The van der Waals surface area contributed by atoms with Crippen molar-refractivity contribution in [2.75, 3.05) is 30.8 Å². The van der Waals surface area contributed by atoms with Gasteiger partial charge in [-0.1, -0.05) is 23.8 Å². The molecule has 0 heterocycles. The molecule has 0 atom stereocenters. The van der Waals surface area contributed by atoms with Crippen LogP contribution in [0.4, 0.5) is 17.1 Å². The highest BCUT2D eigenvalue weighted by Gasteiger charge is 2.13. The van der Waals surface area contributed by atoms with Crippen LogP contribution >= 0.6 is 0 Å². The molecule has 0 fully saturated rings. The van der Waals surface area contributed by atoms with Gasteiger partial charge in [-0.05, 0) is 25.1 Å². The minimum Gasteiger partial charge on any atom is -0.376 e. The summed E-state index contributed by atoms with van der Waals surface area (Å²) in [6, 6.07) is 13.2. The zero-order valence-corrected chi connectivity index (χ0v) is 14.6. The predicted molar refractivity (Wildman–Crippen MR) is 99.0 cm³/mol. The molecule has 0 aromatic heterocycles. The largest absolute Gasteiger partial charge is 0.376 e. The molecule has 136 valence electrons. The zero-order chi connectivity index (χ0) is 19.1. The number of carbonyl (C=O) groups excluding carboxylic acids is 2. The van der Waals surface area contributed by atoms with Gasteiger partial charge >= 0.3 is 0 Å². The van der Waals surface area contributed by atoms with Gasteiger partial charge in [-0.15, -0.1) is 0 Å². The van der Waals surface area contributed by atoms with E-state index in [1.165, 1.54) is 30.1 Å². The number of aryl methyl sites for hydroxylation is 1. The molecule has 0 aliphatic heterocycles. The lowest BCUT2D eigenvalue weighted by Crippen LogP contribution is -2.38. The molecular weight excluding hydrogens is 336 g/mol. The van der Waals surface area contributed by atoms with E-state index in [1.807, 2.05) is 19.1 Å². The number of anilines is 2. The number of likely N-dealkylation sites (N-methyl/N-ethyl adjacent to an activating group) is 1. The Morgan fingerprint density at radius 2 is 1.81 bits per heavy atom. The van der Waals surface area contributed by atoms with Gasteiger partial charge in [0.1, 0.15) is 0 Å². The molecule has 2 rings (SSSR count). The maximum atomic E-state index is 12.1. The van der Waals surface area contributed by atoms with Crippen LogP contribution in [0.1, 0.15) is 5.56 Å². The smallest absolute Gasteiger partial charge is 0.271 e. The lowest BCUT2D eigenvalue weighted by atomic mass is 10.2. The maximum absolute atomic E-state index is 12.1. The van der Waals surface area contributed by atoms with E-state index in [1.54, 1.807) is 18.2 Å². The summed E-state index contributed by atoms with van der Waals surface area (Å²) >= 11 is 0. The number of nitro benzene ring substituents is 1. The van der Waals surface area contributed by atoms with Gasteiger partial charge in [0.15, 0.2) is 0 Å². The first-order valence-electron chi connectivity index (χ1n) is 7.94. The number of hydrogen-bond donors (Lipinski definition) is 2. The summed E-state index contributed by atoms with van der Waals surface area (Å²) in [6.45, 7) is 1.78. The maximum Gasteiger partial charge on any atom is 0.271 e. The van der Waals surface area contributed by atoms with Gasteiger partial charge in [0, 0.05) is 30.6 Å². The quantitative estimate of drug-likeness (QED) is 0.585. The third-order valence-corrected chi connectivity index (χ3v) is 3.64. The molecule has 8 nitrogen and oxygen atoms in total. The number of benzene rings is 2. The van der Waals surface area contributed by atoms with Gasteiger partial charge in [0.05, 0.1) is 18.0 Å². The molecule has 2 amide bonds. The molecular formula is C18H20N4O4. The van der Waals surface area contributed by atoms with Crippen molar-refractivity contribution in [2.45, 2.75) is 6.92 Å². The van der Waals surface area contributed by atoms with Gasteiger partial charge in [-0.2, -0.15) is 0 Å². The molecule has 0 aliphatic rings. The average Bonchev–Trinajstić information content (AvgIpc) is 2.61. The molecule has 2 aromatic carbocycles. The van der Waals surface area contributed by atoms with E-state index >= 15 is 0 Å². The van der Waals surface area contributed by atoms with Crippen molar-refractivity contribution >= 4 is 28.9 Å². The first-order valence-corrected chi connectivity index (χ1v) is 7.94. The van der Waals surface area contributed by atoms with Crippen LogP contribution in [0.5, 0.6) is 0 Å². The average molecular weight is 356 g/mol. The summed E-state index contributed by atoms with van der Waals surface area (Å²) < 4.78 is 0. The van der Waals surface area contributed by atoms with E-state index in [2.05, 4.69) is 10.6 Å². The first kappa shape index (κ1) is 18.9. The van der Waals surface area contributed by atoms with Crippen LogP contribution in [0.2, 0.25) is 0 Å². The Morgan fingerprint density at radius 3 is 2.46 bits per heavy atom. The number of rotatable bonds is 7. The molecule has 0 radical (unpaired) electrons. The van der Waals surface area contributed by atoms with Gasteiger partial charge in [-0.3, -0.25) is 19.7 Å². The van der Waals surface area contributed by atoms with Crippen LogP contribution in [0.15, 0.2) is 48.5 Å². The van der Waals surface area contributed by atoms with Gasteiger partial charge < -0.3 is 15.5 Å². The number of nitrogens with one attached hydrogen (secondary N) is 2. The molecule has 0 aliphatic carbocycles. The second kappa shape index (κ2) is 8.61. The van der Waals surface area contributed by atoms with E-state index in [0.29, 0.717) is 11.4 Å². The third kappa shape index (κ3) is 5.59. The van der Waals surface area contributed by atoms with Crippen molar-refractivity contribution in [1.82, 2.24) is 4.90 Å². The fourth-order valence-corrected chi connectivity index (χ4v) is 2.18. The van der Waals surface area contributed by atoms with Crippen LogP contribution < -0.4 is 10.6 Å². The Kier molecular flexibility index (Phi) is 6.26. The van der Waals surface area contributed by atoms with Crippen molar-refractivity contribution in [3.63, 3.8) is 0 Å². The number of nitro groups is 1. The summed E-state index contributed by atoms with van der Waals surface area (Å²) in [5.74, 6) is -0.615. The van der Waals surface area contributed by atoms with Gasteiger partial charge in [0.25, 0.3) is 5.69 Å². The summed E-state index contributed by atoms with van der Waals surface area (Å²) in [7, 11) is 1.52. The molecule has 2 aromatic rings. The Labute approximate surface area is 151 Å². The van der Waals surface area contributed by atoms with Crippen molar-refractivity contribution < 1.29 is 14.5 Å². The minimum absolute atomic E-state index is 0.0618. The van der Waals surface area contributed by atoms with Gasteiger partial charge in [0.2, 0.25) is 11.8 Å². The monoisotopic (exact) mass is 356 g/mol. The minimum atomic E-state index is -0.505. The molecule has 0 saturated heterocycles. The van der Waals surface area contributed by atoms with Crippen molar-refractivity contribution in [3.05, 3.63) is 64.2 Å². The van der Waals surface area contributed by atoms with Crippen LogP contribution in [0.3, 0.4) is 0 Å². The summed E-state index contributed by atoms with van der Waals surface area (Å²) in [4.78, 5) is 35.7. The van der Waals surface area contributed by atoms with Crippen LogP contribution in [-0.2, 0) is 9.59 Å². The molecule has 0 unspecified atom stereocenters. The topological polar surface area (TPSA) is 105 Å². The van der Waals surface area contributed by atoms with E-state index in [0.717, 1.165) is 5.56 Å². The molecule has 0 spiro atoms. The van der Waals surface area contributed by atoms with E-state index in [-0.39, 0.29) is 30.6 Å². The standard InChI is InChI=1S/C18H20N4O4/c1-13-6-8-14(9-7-13)20-17(23)12-21(2)18(24)11-19-15-4-3-5-16(10-15)22(25)26/h3-10,19H,11-12H2,1-2H3,(H,20,23). The molecule has 2 N–H and O–H groups in total. The van der Waals surface area contributed by atoms with E-state index < -0.39 is 4.92 Å². The van der Waals surface area contributed by atoms with Crippen molar-refractivity contribution in [3.8, 4) is 0 Å². The normalized spacial score (nSPS) is 10.1. The Balaban J connectivity index is 1.83. The van der Waals surface area contributed by atoms with Gasteiger partial charge in [-0.25, -0.2) is 0 Å². The number of amides is 2. The molecule has 8 heteroatoms. The Morgan fingerprint density at radius 1 is 1.12 bits per heavy atom. The lowest BCUT2D eigenvalue weighted by molar-refractivity contribution is -0.384. The number of hydrogen-bond acceptors (Lipinski definition) is 5. The number of non-ortho nitro benzene ring substituents is 1. The summed E-state index contributed by atoms with van der Waals surface area (Å²) in [5, 5.41) is 16.3. The highest BCUT2D eigenvalue weighted by molar-refractivity contribution is 5.95. The fourth-order valence-electron chi connectivity index (χ4n) is 2.18. The number of carbonyl (C=O) groups is 2. The fraction of sp³-hybridized carbons (Fsp3) is 0.222. The molecule has 26 heavy (non-hydrogen) atoms.